The van der Waals surface area contributed by atoms with E-state index in [0.29, 0.717) is 6.54 Å². The lowest BCUT2D eigenvalue weighted by Gasteiger charge is -2.04. The van der Waals surface area contributed by atoms with Crippen LogP contribution < -0.4 is 5.32 Å². The van der Waals surface area contributed by atoms with Crippen LogP contribution in [0.4, 0.5) is 0 Å². The summed E-state index contributed by atoms with van der Waals surface area (Å²) in [7, 11) is 0. The van der Waals surface area contributed by atoms with E-state index < -0.39 is 0 Å². The molecule has 2 aromatic carbocycles. The Balaban J connectivity index is 1.60. The van der Waals surface area contributed by atoms with E-state index in [1.165, 1.54) is 11.3 Å². The summed E-state index contributed by atoms with van der Waals surface area (Å²) < 4.78 is 1.13. The summed E-state index contributed by atoms with van der Waals surface area (Å²) in [5, 5.41) is 13.3. The molecule has 1 amide bonds. The zero-order valence-electron chi connectivity index (χ0n) is 11.4. The Hall–Kier alpha value is -2.33. The second-order valence-electron chi connectivity index (χ2n) is 4.82. The van der Waals surface area contributed by atoms with Crippen molar-refractivity contribution >= 4 is 27.3 Å². The van der Waals surface area contributed by atoms with Crippen LogP contribution in [0.5, 0.6) is 5.75 Å². The number of aromatic hydroxyl groups is 1. The summed E-state index contributed by atoms with van der Waals surface area (Å²) in [5.41, 5.74) is 1.09. The number of fused-ring (bicyclic) bond motifs is 1. The molecule has 0 fully saturated rings. The lowest BCUT2D eigenvalue weighted by Crippen LogP contribution is -2.24. The Bertz CT molecular complexity index is 729. The molecule has 2 N–H and O–H groups in total. The number of benzene rings is 2. The molecule has 0 saturated heterocycles. The number of rotatable bonds is 4. The number of phenolic OH excluding ortho intramolecular Hbond substituents is 1. The molecular formula is C17H15NO2S. The zero-order valence-corrected chi connectivity index (χ0v) is 12.2. The molecule has 0 bridgehead atoms. The van der Waals surface area contributed by atoms with Crippen molar-refractivity contribution in [3.8, 4) is 5.75 Å². The minimum atomic E-state index is -0.0324. The number of hydrogen-bond acceptors (Lipinski definition) is 3. The van der Waals surface area contributed by atoms with E-state index in [0.717, 1.165) is 26.9 Å². The monoisotopic (exact) mass is 297 g/mol. The molecule has 0 unspecified atom stereocenters. The van der Waals surface area contributed by atoms with Crippen LogP contribution >= 0.6 is 11.3 Å². The number of nitrogens with one attached hydrogen (secondary N) is 1. The van der Waals surface area contributed by atoms with Gasteiger partial charge in [-0.15, -0.1) is 11.3 Å². The number of amides is 1. The van der Waals surface area contributed by atoms with Crippen molar-refractivity contribution in [3.63, 3.8) is 0 Å². The van der Waals surface area contributed by atoms with Crippen LogP contribution in [0.3, 0.4) is 0 Å². The maximum Gasteiger partial charge on any atom is 0.261 e. The van der Waals surface area contributed by atoms with Crippen LogP contribution in [0, 0.1) is 0 Å². The number of carbonyl (C=O) groups excluding carboxylic acids is 1. The van der Waals surface area contributed by atoms with Crippen LogP contribution in [0.15, 0.2) is 54.6 Å². The van der Waals surface area contributed by atoms with E-state index in [9.17, 15) is 9.90 Å². The Morgan fingerprint density at radius 1 is 1.10 bits per heavy atom. The van der Waals surface area contributed by atoms with Crippen molar-refractivity contribution < 1.29 is 9.90 Å². The van der Waals surface area contributed by atoms with Gasteiger partial charge in [0.1, 0.15) is 5.75 Å². The van der Waals surface area contributed by atoms with Gasteiger partial charge in [-0.1, -0.05) is 30.3 Å². The van der Waals surface area contributed by atoms with Crippen molar-refractivity contribution in [1.29, 1.82) is 0 Å². The fourth-order valence-electron chi connectivity index (χ4n) is 2.16. The van der Waals surface area contributed by atoms with Gasteiger partial charge in [0.15, 0.2) is 0 Å². The molecule has 3 aromatic rings. The number of carbonyl (C=O) groups is 1. The SMILES string of the molecule is O=C(NCCc1ccc(O)cc1)c1cc2ccccc2s1. The van der Waals surface area contributed by atoms with E-state index in [2.05, 4.69) is 5.32 Å². The van der Waals surface area contributed by atoms with E-state index in [1.807, 2.05) is 42.5 Å². The molecule has 1 aromatic heterocycles. The molecule has 3 nitrogen and oxygen atoms in total. The summed E-state index contributed by atoms with van der Waals surface area (Å²) in [5.74, 6) is 0.225. The van der Waals surface area contributed by atoms with Gasteiger partial charge < -0.3 is 10.4 Å². The Kier molecular flexibility index (Phi) is 3.88. The smallest absolute Gasteiger partial charge is 0.261 e. The second-order valence-corrected chi connectivity index (χ2v) is 5.90. The van der Waals surface area contributed by atoms with E-state index in [1.54, 1.807) is 12.1 Å². The van der Waals surface area contributed by atoms with Crippen LogP contribution in [0.2, 0.25) is 0 Å². The minimum absolute atomic E-state index is 0.0324. The van der Waals surface area contributed by atoms with Crippen molar-refractivity contribution in [2.45, 2.75) is 6.42 Å². The Morgan fingerprint density at radius 3 is 2.62 bits per heavy atom. The van der Waals surface area contributed by atoms with Gasteiger partial charge in [0, 0.05) is 11.2 Å². The first-order chi connectivity index (χ1) is 10.2. The molecule has 106 valence electrons. The van der Waals surface area contributed by atoms with E-state index in [-0.39, 0.29) is 11.7 Å². The Labute approximate surface area is 126 Å². The molecule has 0 radical (unpaired) electrons. The van der Waals surface area contributed by atoms with Crippen LogP contribution in [0.1, 0.15) is 15.2 Å². The van der Waals surface area contributed by atoms with Crippen molar-refractivity contribution in [3.05, 3.63) is 65.0 Å². The van der Waals surface area contributed by atoms with E-state index >= 15 is 0 Å². The number of hydrogen-bond donors (Lipinski definition) is 2. The first-order valence-corrected chi connectivity index (χ1v) is 7.59. The first kappa shape index (κ1) is 13.6. The fourth-order valence-corrected chi connectivity index (χ4v) is 3.14. The third-order valence-corrected chi connectivity index (χ3v) is 4.40. The summed E-state index contributed by atoms with van der Waals surface area (Å²) in [6, 6.07) is 16.9. The van der Waals surface area contributed by atoms with Gasteiger partial charge in [-0.3, -0.25) is 4.79 Å². The molecule has 21 heavy (non-hydrogen) atoms. The molecule has 0 atom stereocenters. The maximum atomic E-state index is 12.1. The molecule has 0 aliphatic carbocycles. The zero-order chi connectivity index (χ0) is 14.7. The van der Waals surface area contributed by atoms with Gasteiger partial charge in [0.25, 0.3) is 5.91 Å². The van der Waals surface area contributed by atoms with Gasteiger partial charge in [-0.25, -0.2) is 0 Å². The molecule has 3 rings (SSSR count). The summed E-state index contributed by atoms with van der Waals surface area (Å²) in [6.45, 7) is 0.581. The quantitative estimate of drug-likeness (QED) is 0.773. The predicted molar refractivity (Wildman–Crippen MR) is 86.0 cm³/mol. The van der Waals surface area contributed by atoms with Crippen LogP contribution in [-0.4, -0.2) is 17.6 Å². The first-order valence-electron chi connectivity index (χ1n) is 6.77. The van der Waals surface area contributed by atoms with Crippen molar-refractivity contribution in [2.24, 2.45) is 0 Å². The molecular weight excluding hydrogens is 282 g/mol. The highest BCUT2D eigenvalue weighted by Crippen LogP contribution is 2.25. The standard InChI is InChI=1S/C17H15NO2S/c19-14-7-5-12(6-8-14)9-10-18-17(20)16-11-13-3-1-2-4-15(13)21-16/h1-8,11,19H,9-10H2,(H,18,20). The van der Waals surface area contributed by atoms with Gasteiger partial charge in [0.2, 0.25) is 0 Å². The topological polar surface area (TPSA) is 49.3 Å². The molecule has 0 aliphatic rings. The van der Waals surface area contributed by atoms with Gasteiger partial charge in [-0.05, 0) is 41.6 Å². The third-order valence-electron chi connectivity index (χ3n) is 3.28. The van der Waals surface area contributed by atoms with Crippen LogP contribution in [0.25, 0.3) is 10.1 Å². The van der Waals surface area contributed by atoms with Gasteiger partial charge >= 0.3 is 0 Å². The van der Waals surface area contributed by atoms with E-state index in [4.69, 9.17) is 0 Å². The maximum absolute atomic E-state index is 12.1. The predicted octanol–water partition coefficient (Wildman–Crippen LogP) is 3.58. The van der Waals surface area contributed by atoms with Gasteiger partial charge in [0.05, 0.1) is 4.88 Å². The molecule has 0 saturated carbocycles. The highest BCUT2D eigenvalue weighted by molar-refractivity contribution is 7.20. The molecule has 0 aliphatic heterocycles. The highest BCUT2D eigenvalue weighted by Gasteiger charge is 2.09. The number of thiophene rings is 1. The van der Waals surface area contributed by atoms with Crippen molar-refractivity contribution in [1.82, 2.24) is 5.32 Å². The lowest BCUT2D eigenvalue weighted by molar-refractivity contribution is 0.0958. The lowest BCUT2D eigenvalue weighted by atomic mass is 10.1. The van der Waals surface area contributed by atoms with Crippen LogP contribution in [-0.2, 0) is 6.42 Å². The van der Waals surface area contributed by atoms with Gasteiger partial charge in [-0.2, -0.15) is 0 Å². The normalized spacial score (nSPS) is 10.7. The Morgan fingerprint density at radius 2 is 1.86 bits per heavy atom. The average Bonchev–Trinajstić information content (AvgIpc) is 2.93. The molecule has 1 heterocycles. The fraction of sp³-hybridized carbons (Fsp3) is 0.118. The highest BCUT2D eigenvalue weighted by atomic mass is 32.1. The van der Waals surface area contributed by atoms with Crippen molar-refractivity contribution in [2.75, 3.05) is 6.54 Å². The third kappa shape index (κ3) is 3.23. The summed E-state index contributed by atoms with van der Waals surface area (Å²) in [4.78, 5) is 12.9. The average molecular weight is 297 g/mol. The summed E-state index contributed by atoms with van der Waals surface area (Å²) >= 11 is 1.51. The molecule has 4 heteroatoms. The number of phenols is 1. The second kappa shape index (κ2) is 5.97. The minimum Gasteiger partial charge on any atom is -0.508 e. The molecule has 0 spiro atoms. The largest absolute Gasteiger partial charge is 0.508 e. The summed E-state index contributed by atoms with van der Waals surface area (Å²) in [6.07, 6.45) is 0.747.